The van der Waals surface area contributed by atoms with Crippen molar-refractivity contribution in [2.24, 2.45) is 23.2 Å². The number of ketones is 1. The molecule has 24 heavy (non-hydrogen) atoms. The van der Waals surface area contributed by atoms with Gasteiger partial charge in [0.15, 0.2) is 5.78 Å². The van der Waals surface area contributed by atoms with E-state index in [9.17, 15) is 4.79 Å². The van der Waals surface area contributed by atoms with E-state index in [1.807, 2.05) is 30.3 Å². The number of nitrogens with one attached hydrogen (secondary N) is 1. The van der Waals surface area contributed by atoms with Crippen LogP contribution in [0.4, 0.5) is 0 Å². The first kappa shape index (κ1) is 16.3. The van der Waals surface area contributed by atoms with Gasteiger partial charge in [0, 0.05) is 11.1 Å². The van der Waals surface area contributed by atoms with Crippen LogP contribution >= 0.6 is 0 Å². The average Bonchev–Trinajstić information content (AvgIpc) is 2.50. The summed E-state index contributed by atoms with van der Waals surface area (Å²) in [4.78, 5) is 13.3. The molecule has 130 valence electrons. The maximum absolute atomic E-state index is 13.3. The standard InChI is InChI=1S/C22H31NO/c1-21(2,3)20(19(24)18-7-5-4-6-8-18)23-22-12-15-9-16(13-22)11-17(10-15)14-22/h4-8,15-17,20,23H,9-14H2,1-3H3. The van der Waals surface area contributed by atoms with Crippen LogP contribution in [-0.2, 0) is 0 Å². The molecular formula is C22H31NO. The van der Waals surface area contributed by atoms with Gasteiger partial charge < -0.3 is 5.32 Å². The van der Waals surface area contributed by atoms with Crippen LogP contribution in [0.15, 0.2) is 30.3 Å². The van der Waals surface area contributed by atoms with E-state index in [2.05, 4.69) is 26.1 Å². The Morgan fingerprint density at radius 3 is 1.96 bits per heavy atom. The summed E-state index contributed by atoms with van der Waals surface area (Å²) < 4.78 is 0. The third kappa shape index (κ3) is 2.94. The van der Waals surface area contributed by atoms with Crippen molar-refractivity contribution >= 4 is 5.78 Å². The zero-order valence-electron chi connectivity index (χ0n) is 15.3. The zero-order chi connectivity index (χ0) is 16.9. The summed E-state index contributed by atoms with van der Waals surface area (Å²) >= 11 is 0. The monoisotopic (exact) mass is 325 g/mol. The fourth-order valence-corrected chi connectivity index (χ4v) is 6.04. The molecule has 4 fully saturated rings. The normalized spacial score (nSPS) is 35.9. The topological polar surface area (TPSA) is 29.1 Å². The number of hydrogen-bond acceptors (Lipinski definition) is 2. The summed E-state index contributed by atoms with van der Waals surface area (Å²) in [5.74, 6) is 2.96. The van der Waals surface area contributed by atoms with Gasteiger partial charge in [-0.15, -0.1) is 0 Å². The summed E-state index contributed by atoms with van der Waals surface area (Å²) in [6, 6.07) is 9.74. The Balaban J connectivity index is 1.60. The van der Waals surface area contributed by atoms with Crippen LogP contribution in [0.25, 0.3) is 0 Å². The van der Waals surface area contributed by atoms with Crippen LogP contribution in [-0.4, -0.2) is 17.4 Å². The van der Waals surface area contributed by atoms with E-state index >= 15 is 0 Å². The molecule has 1 aromatic carbocycles. The van der Waals surface area contributed by atoms with Crippen LogP contribution in [0, 0.1) is 23.2 Å². The van der Waals surface area contributed by atoms with E-state index in [1.165, 1.54) is 38.5 Å². The van der Waals surface area contributed by atoms with Crippen molar-refractivity contribution in [2.75, 3.05) is 0 Å². The number of carbonyl (C=O) groups excluding carboxylic acids is 1. The maximum atomic E-state index is 13.3. The third-order valence-electron chi connectivity index (χ3n) is 6.68. The molecule has 0 saturated heterocycles. The largest absolute Gasteiger partial charge is 0.301 e. The summed E-state index contributed by atoms with van der Waals surface area (Å²) in [5.41, 5.74) is 0.988. The smallest absolute Gasteiger partial charge is 0.180 e. The fourth-order valence-electron chi connectivity index (χ4n) is 6.04. The van der Waals surface area contributed by atoms with E-state index < -0.39 is 0 Å². The predicted molar refractivity (Wildman–Crippen MR) is 98.1 cm³/mol. The SMILES string of the molecule is CC(C)(C)C(NC12CC3CC(CC(C3)C1)C2)C(=O)c1ccccc1. The molecule has 0 heterocycles. The third-order valence-corrected chi connectivity index (χ3v) is 6.68. The van der Waals surface area contributed by atoms with Gasteiger partial charge in [0.1, 0.15) is 0 Å². The highest BCUT2D eigenvalue weighted by Crippen LogP contribution is 2.56. The summed E-state index contributed by atoms with van der Waals surface area (Å²) in [7, 11) is 0. The van der Waals surface area contributed by atoms with E-state index in [-0.39, 0.29) is 22.8 Å². The molecule has 1 aromatic rings. The first-order chi connectivity index (χ1) is 11.3. The van der Waals surface area contributed by atoms with Crippen molar-refractivity contribution in [3.05, 3.63) is 35.9 Å². The molecule has 4 saturated carbocycles. The van der Waals surface area contributed by atoms with Crippen LogP contribution in [0.1, 0.15) is 69.7 Å². The van der Waals surface area contributed by atoms with Gasteiger partial charge in [-0.1, -0.05) is 51.1 Å². The van der Waals surface area contributed by atoms with Crippen LogP contribution < -0.4 is 5.32 Å². The minimum absolute atomic E-state index is 0.0732. The Morgan fingerprint density at radius 2 is 1.50 bits per heavy atom. The van der Waals surface area contributed by atoms with Crippen molar-refractivity contribution in [1.29, 1.82) is 0 Å². The Hall–Kier alpha value is -1.15. The molecule has 1 N–H and O–H groups in total. The summed E-state index contributed by atoms with van der Waals surface area (Å²) in [5, 5.41) is 3.95. The van der Waals surface area contributed by atoms with Gasteiger partial charge in [0.25, 0.3) is 0 Å². The van der Waals surface area contributed by atoms with Crippen molar-refractivity contribution in [1.82, 2.24) is 5.32 Å². The Morgan fingerprint density at radius 1 is 1.00 bits per heavy atom. The highest BCUT2D eigenvalue weighted by Gasteiger charge is 2.52. The van der Waals surface area contributed by atoms with Gasteiger partial charge in [-0.25, -0.2) is 0 Å². The zero-order valence-corrected chi connectivity index (χ0v) is 15.3. The molecule has 0 radical (unpaired) electrons. The van der Waals surface area contributed by atoms with Crippen LogP contribution in [0.5, 0.6) is 0 Å². The summed E-state index contributed by atoms with van der Waals surface area (Å²) in [6.45, 7) is 6.60. The van der Waals surface area contributed by atoms with Crippen molar-refractivity contribution in [3.8, 4) is 0 Å². The molecule has 4 bridgehead atoms. The Bertz CT molecular complexity index is 577. The Labute approximate surface area is 146 Å². The molecule has 1 atom stereocenters. The lowest BCUT2D eigenvalue weighted by Crippen LogP contribution is -2.64. The molecule has 0 amide bonds. The number of hydrogen-bond donors (Lipinski definition) is 1. The lowest BCUT2D eigenvalue weighted by atomic mass is 9.52. The highest BCUT2D eigenvalue weighted by molar-refractivity contribution is 6.00. The van der Waals surface area contributed by atoms with Crippen molar-refractivity contribution in [3.63, 3.8) is 0 Å². The van der Waals surface area contributed by atoms with Crippen LogP contribution in [0.3, 0.4) is 0 Å². The molecule has 4 aliphatic rings. The molecule has 1 unspecified atom stereocenters. The predicted octanol–water partition coefficient (Wildman–Crippen LogP) is 4.84. The summed E-state index contributed by atoms with van der Waals surface area (Å²) in [6.07, 6.45) is 8.17. The first-order valence-corrected chi connectivity index (χ1v) is 9.72. The average molecular weight is 325 g/mol. The van der Waals surface area contributed by atoms with E-state index in [0.29, 0.717) is 0 Å². The number of benzene rings is 1. The molecule has 4 aliphatic carbocycles. The van der Waals surface area contributed by atoms with Gasteiger partial charge >= 0.3 is 0 Å². The highest BCUT2D eigenvalue weighted by atomic mass is 16.1. The van der Waals surface area contributed by atoms with Crippen molar-refractivity contribution < 1.29 is 4.79 Å². The van der Waals surface area contributed by atoms with E-state index in [0.717, 1.165) is 23.3 Å². The van der Waals surface area contributed by atoms with Gasteiger partial charge in [0.05, 0.1) is 6.04 Å². The second-order valence-corrected chi connectivity index (χ2v) is 9.87. The first-order valence-electron chi connectivity index (χ1n) is 9.72. The second-order valence-electron chi connectivity index (χ2n) is 9.87. The van der Waals surface area contributed by atoms with Crippen LogP contribution in [0.2, 0.25) is 0 Å². The molecule has 0 aromatic heterocycles. The molecule has 0 aliphatic heterocycles. The number of carbonyl (C=O) groups is 1. The fraction of sp³-hybridized carbons (Fsp3) is 0.682. The molecule has 0 spiro atoms. The van der Waals surface area contributed by atoms with Gasteiger partial charge in [0.2, 0.25) is 0 Å². The molecule has 2 nitrogen and oxygen atoms in total. The number of Topliss-reactive ketones (excluding diaryl/α,β-unsaturated/α-hetero) is 1. The number of rotatable bonds is 4. The van der Waals surface area contributed by atoms with Gasteiger partial charge in [-0.05, 0) is 61.7 Å². The lowest BCUT2D eigenvalue weighted by Gasteiger charge is -2.58. The minimum atomic E-state index is -0.101. The van der Waals surface area contributed by atoms with E-state index in [1.54, 1.807) is 0 Å². The molecule has 2 heteroatoms. The molecular weight excluding hydrogens is 294 g/mol. The van der Waals surface area contributed by atoms with Crippen molar-refractivity contribution in [2.45, 2.75) is 70.9 Å². The second kappa shape index (κ2) is 5.69. The Kier molecular flexibility index (Phi) is 3.87. The van der Waals surface area contributed by atoms with Gasteiger partial charge in [-0.3, -0.25) is 4.79 Å². The lowest BCUT2D eigenvalue weighted by molar-refractivity contribution is -0.0302. The maximum Gasteiger partial charge on any atom is 0.180 e. The molecule has 5 rings (SSSR count). The van der Waals surface area contributed by atoms with E-state index in [4.69, 9.17) is 0 Å². The van der Waals surface area contributed by atoms with Gasteiger partial charge in [-0.2, -0.15) is 0 Å². The minimum Gasteiger partial charge on any atom is -0.301 e. The quantitative estimate of drug-likeness (QED) is 0.802.